The minimum atomic E-state index is -0.868. The minimum Gasteiger partial charge on any atom is -0.481 e. The van der Waals surface area contributed by atoms with Crippen molar-refractivity contribution < 1.29 is 24.2 Å². The highest BCUT2D eigenvalue weighted by molar-refractivity contribution is 5.80. The van der Waals surface area contributed by atoms with Crippen LogP contribution in [-0.4, -0.2) is 42.3 Å². The van der Waals surface area contributed by atoms with Crippen molar-refractivity contribution in [3.05, 3.63) is 59.7 Å². The van der Waals surface area contributed by atoms with Crippen LogP contribution in [0.2, 0.25) is 0 Å². The van der Waals surface area contributed by atoms with E-state index >= 15 is 0 Å². The zero-order chi connectivity index (χ0) is 24.9. The first-order valence-corrected chi connectivity index (χ1v) is 12.5. The normalized spacial score (nSPS) is 16.5. The number of ether oxygens (including phenoxy) is 1. The van der Waals surface area contributed by atoms with Crippen molar-refractivity contribution in [2.75, 3.05) is 13.2 Å². The maximum absolute atomic E-state index is 12.7. The average molecular weight is 479 g/mol. The third kappa shape index (κ3) is 5.66. The highest BCUT2D eigenvalue weighted by Gasteiger charge is 2.33. The fraction of sp³-hybridized carbons (Fsp3) is 0.464. The fourth-order valence-corrected chi connectivity index (χ4v) is 5.04. The Morgan fingerprint density at radius 2 is 1.60 bits per heavy atom. The van der Waals surface area contributed by atoms with E-state index in [-0.39, 0.29) is 43.2 Å². The molecule has 7 heteroatoms. The molecule has 1 saturated carbocycles. The first kappa shape index (κ1) is 24.8. The van der Waals surface area contributed by atoms with E-state index in [9.17, 15) is 19.5 Å². The van der Waals surface area contributed by atoms with Gasteiger partial charge in [-0.05, 0) is 46.9 Å². The lowest BCUT2D eigenvalue weighted by Crippen LogP contribution is -2.44. The van der Waals surface area contributed by atoms with Crippen molar-refractivity contribution in [2.45, 2.75) is 51.5 Å². The number of carbonyl (C=O) groups excluding carboxylic acids is 2. The van der Waals surface area contributed by atoms with Gasteiger partial charge in [-0.15, -0.1) is 0 Å². The highest BCUT2D eigenvalue weighted by Crippen LogP contribution is 2.44. The fourth-order valence-electron chi connectivity index (χ4n) is 5.04. The lowest BCUT2D eigenvalue weighted by Gasteiger charge is -2.31. The molecule has 1 unspecified atom stereocenters. The maximum Gasteiger partial charge on any atom is 0.407 e. The van der Waals surface area contributed by atoms with Crippen molar-refractivity contribution in [1.29, 1.82) is 0 Å². The molecule has 0 saturated heterocycles. The number of hydrogen-bond donors (Lipinski definition) is 3. The third-order valence-corrected chi connectivity index (χ3v) is 7.41. The molecule has 7 nitrogen and oxygen atoms in total. The van der Waals surface area contributed by atoms with Gasteiger partial charge in [0.05, 0.1) is 5.92 Å². The second-order valence-electron chi connectivity index (χ2n) is 9.96. The standard InChI is InChI=1S/C28H34N2O5/c1-17(2)25(14-26(31)29-15-23(27(32)33)18-8-7-9-18)30-28(34)35-16-24-21-12-5-3-10-19(21)20-11-4-6-13-22(20)24/h3-6,10-13,17-18,23-25H,7-9,14-16H2,1-2H3,(H,29,31)(H,30,34)(H,32,33)/t23?,25-/m0/s1. The molecular weight excluding hydrogens is 444 g/mol. The average Bonchev–Trinajstić information content (AvgIpc) is 3.12. The van der Waals surface area contributed by atoms with Crippen LogP contribution in [0.25, 0.3) is 11.1 Å². The number of carbonyl (C=O) groups is 3. The molecule has 0 radical (unpaired) electrons. The molecule has 0 aromatic heterocycles. The topological polar surface area (TPSA) is 105 Å². The number of amides is 2. The first-order chi connectivity index (χ1) is 16.8. The van der Waals surface area contributed by atoms with Gasteiger partial charge in [0.2, 0.25) is 5.91 Å². The quantitative estimate of drug-likeness (QED) is 0.464. The van der Waals surface area contributed by atoms with E-state index in [1.54, 1.807) is 0 Å². The third-order valence-electron chi connectivity index (χ3n) is 7.41. The second kappa shape index (κ2) is 10.9. The van der Waals surface area contributed by atoms with Gasteiger partial charge in [-0.1, -0.05) is 68.8 Å². The van der Waals surface area contributed by atoms with E-state index < -0.39 is 24.0 Å². The second-order valence-corrected chi connectivity index (χ2v) is 9.96. The lowest BCUT2D eigenvalue weighted by atomic mass is 9.76. The number of hydrogen-bond acceptors (Lipinski definition) is 4. The van der Waals surface area contributed by atoms with Gasteiger partial charge in [-0.25, -0.2) is 4.79 Å². The zero-order valence-corrected chi connectivity index (χ0v) is 20.3. The van der Waals surface area contributed by atoms with Gasteiger partial charge in [-0.3, -0.25) is 9.59 Å². The molecule has 2 atom stereocenters. The van der Waals surface area contributed by atoms with E-state index in [0.717, 1.165) is 41.5 Å². The Morgan fingerprint density at radius 1 is 1.00 bits per heavy atom. The van der Waals surface area contributed by atoms with Crippen LogP contribution in [0.5, 0.6) is 0 Å². The summed E-state index contributed by atoms with van der Waals surface area (Å²) in [5, 5.41) is 15.1. The molecule has 2 aliphatic carbocycles. The zero-order valence-electron chi connectivity index (χ0n) is 20.3. The molecule has 4 rings (SSSR count). The van der Waals surface area contributed by atoms with Gasteiger partial charge in [-0.2, -0.15) is 0 Å². The van der Waals surface area contributed by atoms with Crippen LogP contribution in [0.15, 0.2) is 48.5 Å². The van der Waals surface area contributed by atoms with Gasteiger partial charge in [0, 0.05) is 24.9 Å². The molecule has 2 aromatic carbocycles. The molecule has 0 aliphatic heterocycles. The number of fused-ring (bicyclic) bond motifs is 3. The molecular formula is C28H34N2O5. The monoisotopic (exact) mass is 478 g/mol. The van der Waals surface area contributed by atoms with Crippen molar-refractivity contribution in [2.24, 2.45) is 17.8 Å². The smallest absolute Gasteiger partial charge is 0.407 e. The maximum atomic E-state index is 12.7. The van der Waals surface area contributed by atoms with Crippen LogP contribution in [0.3, 0.4) is 0 Å². The van der Waals surface area contributed by atoms with Gasteiger partial charge in [0.15, 0.2) is 0 Å². The van der Waals surface area contributed by atoms with E-state index in [2.05, 4.69) is 34.9 Å². The molecule has 0 bridgehead atoms. The van der Waals surface area contributed by atoms with E-state index in [1.165, 1.54) is 0 Å². The van der Waals surface area contributed by atoms with Crippen LogP contribution in [0.4, 0.5) is 4.79 Å². The Kier molecular flexibility index (Phi) is 7.73. The van der Waals surface area contributed by atoms with Crippen molar-refractivity contribution in [1.82, 2.24) is 10.6 Å². The van der Waals surface area contributed by atoms with Gasteiger partial charge >= 0.3 is 12.1 Å². The summed E-state index contributed by atoms with van der Waals surface area (Å²) >= 11 is 0. The molecule has 186 valence electrons. The van der Waals surface area contributed by atoms with Crippen LogP contribution in [0, 0.1) is 17.8 Å². The summed E-state index contributed by atoms with van der Waals surface area (Å²) in [7, 11) is 0. The van der Waals surface area contributed by atoms with E-state index in [0.29, 0.717) is 0 Å². The molecule has 2 amide bonds. The van der Waals surface area contributed by atoms with E-state index in [4.69, 9.17) is 4.74 Å². The number of carboxylic acids is 1. The Bertz CT molecular complexity index is 1030. The predicted octanol–water partition coefficient (Wildman–Crippen LogP) is 4.56. The van der Waals surface area contributed by atoms with E-state index in [1.807, 2.05) is 38.1 Å². The van der Waals surface area contributed by atoms with Gasteiger partial charge in [0.25, 0.3) is 0 Å². The number of rotatable bonds is 10. The Labute approximate surface area is 206 Å². The summed E-state index contributed by atoms with van der Waals surface area (Å²) in [4.78, 5) is 36.7. The Balaban J connectivity index is 1.31. The van der Waals surface area contributed by atoms with Crippen LogP contribution in [0.1, 0.15) is 56.6 Å². The molecule has 0 spiro atoms. The highest BCUT2D eigenvalue weighted by atomic mass is 16.5. The van der Waals surface area contributed by atoms with Crippen molar-refractivity contribution in [3.8, 4) is 11.1 Å². The van der Waals surface area contributed by atoms with Crippen molar-refractivity contribution in [3.63, 3.8) is 0 Å². The number of benzene rings is 2. The first-order valence-electron chi connectivity index (χ1n) is 12.5. The predicted molar refractivity (Wildman–Crippen MR) is 133 cm³/mol. The molecule has 1 fully saturated rings. The van der Waals surface area contributed by atoms with Crippen LogP contribution >= 0.6 is 0 Å². The summed E-state index contributed by atoms with van der Waals surface area (Å²) in [6.45, 7) is 4.18. The lowest BCUT2D eigenvalue weighted by molar-refractivity contribution is -0.144. The largest absolute Gasteiger partial charge is 0.481 e. The summed E-state index contributed by atoms with van der Waals surface area (Å²) < 4.78 is 5.63. The van der Waals surface area contributed by atoms with Crippen molar-refractivity contribution >= 4 is 18.0 Å². The Morgan fingerprint density at radius 3 is 2.11 bits per heavy atom. The SMILES string of the molecule is CC(C)[C@H](CC(=O)NCC(C(=O)O)C1CCC1)NC(=O)OCC1c2ccccc2-c2ccccc21. The number of nitrogens with one attached hydrogen (secondary N) is 2. The summed E-state index contributed by atoms with van der Waals surface area (Å²) in [6, 6.07) is 15.9. The molecule has 3 N–H and O–H groups in total. The molecule has 2 aliphatic rings. The molecule has 35 heavy (non-hydrogen) atoms. The molecule has 2 aromatic rings. The Hall–Kier alpha value is -3.35. The van der Waals surface area contributed by atoms with Gasteiger partial charge < -0.3 is 20.5 Å². The summed E-state index contributed by atoms with van der Waals surface area (Å²) in [5.41, 5.74) is 4.60. The minimum absolute atomic E-state index is 0.00290. The van der Waals surface area contributed by atoms with Crippen LogP contribution in [-0.2, 0) is 14.3 Å². The number of aliphatic carboxylic acids is 1. The number of alkyl carbamates (subject to hydrolysis) is 1. The van der Waals surface area contributed by atoms with Crippen LogP contribution < -0.4 is 10.6 Å². The summed E-state index contributed by atoms with van der Waals surface area (Å²) in [6.07, 6.45) is 2.34. The molecule has 0 heterocycles. The number of carboxylic acid groups (broad SMARTS) is 1. The summed E-state index contributed by atoms with van der Waals surface area (Å²) in [5.74, 6) is -1.59. The van der Waals surface area contributed by atoms with Gasteiger partial charge in [0.1, 0.15) is 6.61 Å².